The Morgan fingerprint density at radius 1 is 1.39 bits per heavy atom. The van der Waals surface area contributed by atoms with Gasteiger partial charge in [0.1, 0.15) is 0 Å². The largest absolute Gasteiger partial charge is 0.222 e. The fourth-order valence-electron chi connectivity index (χ4n) is 1.55. The molecule has 0 aliphatic carbocycles. The highest BCUT2D eigenvalue weighted by Gasteiger charge is 2.33. The predicted molar refractivity (Wildman–Crippen MR) is 72.5 cm³/mol. The molecule has 98 valence electrons. The Morgan fingerprint density at radius 3 is 2.50 bits per heavy atom. The van der Waals surface area contributed by atoms with E-state index in [0.29, 0.717) is 6.42 Å². The van der Waals surface area contributed by atoms with Crippen LogP contribution < -0.4 is 0 Å². The Morgan fingerprint density at radius 2 is 2.00 bits per heavy atom. The second kappa shape index (κ2) is 5.92. The third-order valence-electron chi connectivity index (χ3n) is 2.82. The van der Waals surface area contributed by atoms with Gasteiger partial charge in [0.25, 0.3) is 0 Å². The third-order valence-corrected chi connectivity index (χ3v) is 5.69. The molecule has 0 heterocycles. The van der Waals surface area contributed by atoms with Gasteiger partial charge >= 0.3 is 0 Å². The molecule has 0 radical (unpaired) electrons. The van der Waals surface area contributed by atoms with Gasteiger partial charge < -0.3 is 0 Å². The summed E-state index contributed by atoms with van der Waals surface area (Å²) in [6.45, 7) is 3.56. The highest BCUT2D eigenvalue weighted by Crippen LogP contribution is 2.30. The lowest BCUT2D eigenvalue weighted by molar-refractivity contribution is 0.533. The molecule has 0 fully saturated rings. The quantitative estimate of drug-likeness (QED) is 0.852. The van der Waals surface area contributed by atoms with Crippen molar-refractivity contribution in [3.05, 3.63) is 28.2 Å². The van der Waals surface area contributed by atoms with Crippen molar-refractivity contribution in [2.75, 3.05) is 0 Å². The van der Waals surface area contributed by atoms with Gasteiger partial charge in [-0.2, -0.15) is 5.26 Å². The van der Waals surface area contributed by atoms with Crippen molar-refractivity contribution in [3.8, 4) is 6.07 Å². The summed E-state index contributed by atoms with van der Waals surface area (Å²) in [5.41, 5.74) is 0. The molecule has 0 saturated heterocycles. The summed E-state index contributed by atoms with van der Waals surface area (Å²) in [6.07, 6.45) is 0.593. The topological polar surface area (TPSA) is 57.9 Å². The molecule has 2 atom stereocenters. The van der Waals surface area contributed by atoms with Crippen LogP contribution in [0.3, 0.4) is 0 Å². The Hall–Kier alpha value is -0.760. The van der Waals surface area contributed by atoms with Crippen molar-refractivity contribution in [1.29, 1.82) is 5.26 Å². The first-order valence-corrected chi connectivity index (χ1v) is 7.73. The lowest BCUT2D eigenvalue weighted by Gasteiger charge is -2.17. The minimum absolute atomic E-state index is 0.0801. The van der Waals surface area contributed by atoms with Gasteiger partial charge in [0, 0.05) is 5.02 Å². The summed E-state index contributed by atoms with van der Waals surface area (Å²) >= 11 is 11.7. The molecular weight excluding hydrogens is 293 g/mol. The third kappa shape index (κ3) is 2.97. The molecular formula is C12H13Cl2NO2S. The number of hydrogen-bond acceptors (Lipinski definition) is 3. The second-order valence-corrected chi connectivity index (χ2v) is 6.94. The van der Waals surface area contributed by atoms with Crippen molar-refractivity contribution in [1.82, 2.24) is 0 Å². The first-order valence-electron chi connectivity index (χ1n) is 5.43. The fourth-order valence-corrected chi connectivity index (χ4v) is 4.07. The van der Waals surface area contributed by atoms with Gasteiger partial charge in [0.15, 0.2) is 15.1 Å². The lowest BCUT2D eigenvalue weighted by Crippen LogP contribution is -2.26. The van der Waals surface area contributed by atoms with Crippen LogP contribution in [0.5, 0.6) is 0 Å². The number of benzene rings is 1. The predicted octanol–water partition coefficient (Wildman–Crippen LogP) is 3.71. The van der Waals surface area contributed by atoms with Crippen LogP contribution in [0.1, 0.15) is 20.3 Å². The highest BCUT2D eigenvalue weighted by molar-refractivity contribution is 7.92. The normalized spacial score (nSPS) is 14.8. The number of nitrogens with zero attached hydrogens (tertiary/aromatic N) is 1. The second-order valence-electron chi connectivity index (χ2n) is 4.05. The molecule has 6 heteroatoms. The van der Waals surface area contributed by atoms with Gasteiger partial charge in [0.2, 0.25) is 0 Å². The molecule has 1 rings (SSSR count). The summed E-state index contributed by atoms with van der Waals surface area (Å²) in [7, 11) is -3.79. The van der Waals surface area contributed by atoms with Gasteiger partial charge in [-0.15, -0.1) is 0 Å². The zero-order valence-corrected chi connectivity index (χ0v) is 12.4. The zero-order valence-electron chi connectivity index (χ0n) is 10.0. The summed E-state index contributed by atoms with van der Waals surface area (Å²) in [6, 6.07) is 6.06. The Kier molecular flexibility index (Phi) is 5.03. The number of halogens is 2. The Balaban J connectivity index is 3.37. The Bertz CT molecular complexity index is 578. The minimum atomic E-state index is -3.79. The SMILES string of the molecule is CCC(C)C(C#N)S(=O)(=O)c1cc(Cl)ccc1Cl. The average Bonchev–Trinajstić information content (AvgIpc) is 2.32. The molecule has 0 amide bonds. The maximum absolute atomic E-state index is 12.4. The van der Waals surface area contributed by atoms with E-state index in [9.17, 15) is 8.42 Å². The molecule has 0 N–H and O–H groups in total. The van der Waals surface area contributed by atoms with Gasteiger partial charge in [-0.3, -0.25) is 0 Å². The highest BCUT2D eigenvalue weighted by atomic mass is 35.5. The molecule has 0 aromatic heterocycles. The fraction of sp³-hybridized carbons (Fsp3) is 0.417. The van der Waals surface area contributed by atoms with Crippen LogP contribution in [0.2, 0.25) is 10.0 Å². The van der Waals surface area contributed by atoms with Crippen LogP contribution in [-0.2, 0) is 9.84 Å². The van der Waals surface area contributed by atoms with E-state index in [4.69, 9.17) is 28.5 Å². The molecule has 3 nitrogen and oxygen atoms in total. The van der Waals surface area contributed by atoms with Crippen LogP contribution in [-0.4, -0.2) is 13.7 Å². The van der Waals surface area contributed by atoms with Crippen LogP contribution in [0, 0.1) is 17.2 Å². The van der Waals surface area contributed by atoms with Crippen LogP contribution in [0.15, 0.2) is 23.1 Å². The summed E-state index contributed by atoms with van der Waals surface area (Å²) in [5, 5.41) is 8.33. The molecule has 0 saturated carbocycles. The Labute approximate surface area is 117 Å². The standard InChI is InChI=1S/C12H13Cl2NO2S/c1-3-8(2)12(7-15)18(16,17)11-6-9(13)4-5-10(11)14/h4-6,8,12H,3H2,1-2H3. The van der Waals surface area contributed by atoms with E-state index in [1.54, 1.807) is 6.92 Å². The average molecular weight is 306 g/mol. The van der Waals surface area contributed by atoms with E-state index in [-0.39, 0.29) is 20.9 Å². The van der Waals surface area contributed by atoms with Gasteiger partial charge in [0.05, 0.1) is 16.0 Å². The van der Waals surface area contributed by atoms with E-state index in [1.807, 2.05) is 13.0 Å². The number of nitriles is 1. The smallest absolute Gasteiger partial charge is 0.196 e. The van der Waals surface area contributed by atoms with Crippen molar-refractivity contribution in [2.45, 2.75) is 30.4 Å². The molecule has 2 unspecified atom stereocenters. The molecule has 1 aromatic rings. The van der Waals surface area contributed by atoms with E-state index >= 15 is 0 Å². The number of sulfone groups is 1. The monoisotopic (exact) mass is 305 g/mol. The van der Waals surface area contributed by atoms with Gasteiger partial charge in [-0.05, 0) is 24.1 Å². The van der Waals surface area contributed by atoms with E-state index in [1.165, 1.54) is 18.2 Å². The van der Waals surface area contributed by atoms with Crippen LogP contribution in [0.4, 0.5) is 0 Å². The maximum atomic E-state index is 12.4. The molecule has 1 aromatic carbocycles. The first kappa shape index (κ1) is 15.3. The van der Waals surface area contributed by atoms with E-state index in [0.717, 1.165) is 0 Å². The molecule has 0 aliphatic heterocycles. The summed E-state index contributed by atoms with van der Waals surface area (Å²) in [4.78, 5) is -0.0801. The number of hydrogen-bond donors (Lipinski definition) is 0. The zero-order chi connectivity index (χ0) is 13.9. The molecule has 0 spiro atoms. The van der Waals surface area contributed by atoms with Crippen molar-refractivity contribution < 1.29 is 8.42 Å². The van der Waals surface area contributed by atoms with Crippen LogP contribution in [0.25, 0.3) is 0 Å². The minimum Gasteiger partial charge on any atom is -0.222 e. The molecule has 0 bridgehead atoms. The van der Waals surface area contributed by atoms with E-state index < -0.39 is 15.1 Å². The lowest BCUT2D eigenvalue weighted by atomic mass is 10.1. The van der Waals surface area contributed by atoms with Crippen molar-refractivity contribution >= 4 is 33.0 Å². The summed E-state index contributed by atoms with van der Waals surface area (Å²) in [5.74, 6) is -0.268. The van der Waals surface area contributed by atoms with Gasteiger partial charge in [-0.1, -0.05) is 43.5 Å². The summed E-state index contributed by atoms with van der Waals surface area (Å²) < 4.78 is 24.7. The van der Waals surface area contributed by atoms with Crippen molar-refractivity contribution in [3.63, 3.8) is 0 Å². The first-order chi connectivity index (χ1) is 8.34. The van der Waals surface area contributed by atoms with Gasteiger partial charge in [-0.25, -0.2) is 8.42 Å². The number of rotatable bonds is 4. The molecule has 0 aliphatic rings. The molecule has 18 heavy (non-hydrogen) atoms. The van der Waals surface area contributed by atoms with Crippen LogP contribution >= 0.6 is 23.2 Å². The maximum Gasteiger partial charge on any atom is 0.196 e. The van der Waals surface area contributed by atoms with E-state index in [2.05, 4.69) is 0 Å². The van der Waals surface area contributed by atoms with Crippen molar-refractivity contribution in [2.24, 2.45) is 5.92 Å².